The molecule has 0 bridgehead atoms. The van der Waals surface area contributed by atoms with Gasteiger partial charge < -0.3 is 10.0 Å². The van der Waals surface area contributed by atoms with Gasteiger partial charge in [-0.15, -0.1) is 0 Å². The van der Waals surface area contributed by atoms with E-state index in [2.05, 4.69) is 0 Å². The van der Waals surface area contributed by atoms with Gasteiger partial charge in [-0.05, 0) is 12.1 Å². The summed E-state index contributed by atoms with van der Waals surface area (Å²) in [5, 5.41) is 17.3. The molecule has 0 saturated heterocycles. The van der Waals surface area contributed by atoms with Gasteiger partial charge in [0.2, 0.25) is 0 Å². The molecule has 13 heavy (non-hydrogen) atoms. The molecule has 1 rings (SSSR count). The lowest BCUT2D eigenvalue weighted by atomic mass is 9.79. The molecule has 0 aliphatic rings. The first kappa shape index (κ1) is 10.2. The minimum Gasteiger partial charge on any atom is -0.423 e. The third-order valence-electron chi connectivity index (χ3n) is 1.50. The van der Waals surface area contributed by atoms with E-state index >= 15 is 0 Å². The van der Waals surface area contributed by atoms with Crippen LogP contribution in [0.25, 0.3) is 0 Å². The molecule has 1 aromatic carbocycles. The molecular weight excluding hydrogens is 197 g/mol. The molecule has 0 aliphatic carbocycles. The smallest absolute Gasteiger partial charge is 0.423 e. The maximum atomic E-state index is 12.7. The Balaban J connectivity index is 3.35. The van der Waals surface area contributed by atoms with Gasteiger partial charge in [-0.1, -0.05) is 11.6 Å². The minimum absolute atomic E-state index is 0.107. The molecular formula is C7H5BClFO3. The highest BCUT2D eigenvalue weighted by Crippen LogP contribution is 2.13. The van der Waals surface area contributed by atoms with Crippen molar-refractivity contribution in [2.75, 3.05) is 0 Å². The van der Waals surface area contributed by atoms with E-state index in [1.807, 2.05) is 0 Å². The number of halogens is 2. The van der Waals surface area contributed by atoms with Gasteiger partial charge in [0, 0.05) is 11.0 Å². The van der Waals surface area contributed by atoms with Crippen LogP contribution in [0.3, 0.4) is 0 Å². The van der Waals surface area contributed by atoms with Gasteiger partial charge in [-0.3, -0.25) is 4.79 Å². The summed E-state index contributed by atoms with van der Waals surface area (Å²) in [6.07, 6.45) is 0.345. The summed E-state index contributed by atoms with van der Waals surface area (Å²) in [7, 11) is -1.89. The number of rotatable bonds is 2. The average molecular weight is 202 g/mol. The third kappa shape index (κ3) is 2.06. The molecule has 68 valence electrons. The summed E-state index contributed by atoms with van der Waals surface area (Å²) in [6, 6.07) is 1.78. The van der Waals surface area contributed by atoms with Crippen molar-refractivity contribution in [2.24, 2.45) is 0 Å². The van der Waals surface area contributed by atoms with Crippen molar-refractivity contribution in [3.8, 4) is 0 Å². The highest BCUT2D eigenvalue weighted by molar-refractivity contribution is 6.63. The molecule has 2 N–H and O–H groups in total. The fourth-order valence-corrected chi connectivity index (χ4v) is 1.16. The number of hydrogen-bond acceptors (Lipinski definition) is 3. The SMILES string of the molecule is O=Cc1cc(F)cc(B(O)O)c1Cl. The minimum atomic E-state index is -1.89. The number of aldehydes is 1. The van der Waals surface area contributed by atoms with Crippen LogP contribution in [0.1, 0.15) is 10.4 Å². The Morgan fingerprint density at radius 3 is 2.54 bits per heavy atom. The molecule has 0 saturated carbocycles. The maximum Gasteiger partial charge on any atom is 0.490 e. The predicted octanol–water partition coefficient (Wildman–Crippen LogP) is -0.0286. The fraction of sp³-hybridized carbons (Fsp3) is 0. The maximum absolute atomic E-state index is 12.7. The first-order valence-electron chi connectivity index (χ1n) is 3.36. The monoisotopic (exact) mass is 202 g/mol. The topological polar surface area (TPSA) is 57.5 Å². The first-order valence-corrected chi connectivity index (χ1v) is 3.74. The molecule has 0 fully saturated rings. The van der Waals surface area contributed by atoms with E-state index < -0.39 is 12.9 Å². The lowest BCUT2D eigenvalue weighted by Gasteiger charge is -2.04. The van der Waals surface area contributed by atoms with Gasteiger partial charge in [0.05, 0.1) is 5.02 Å². The number of benzene rings is 1. The molecule has 0 radical (unpaired) electrons. The standard InChI is InChI=1S/C7H5BClFO3/c9-7-4(3-11)1-5(10)2-6(7)8(12)13/h1-3,12-13H. The van der Waals surface area contributed by atoms with Gasteiger partial charge >= 0.3 is 7.12 Å². The highest BCUT2D eigenvalue weighted by Gasteiger charge is 2.18. The van der Waals surface area contributed by atoms with Crippen molar-refractivity contribution in [2.45, 2.75) is 0 Å². The van der Waals surface area contributed by atoms with Crippen LogP contribution in [0.2, 0.25) is 5.02 Å². The zero-order chi connectivity index (χ0) is 10.0. The summed E-state index contributed by atoms with van der Waals surface area (Å²) < 4.78 is 12.7. The Labute approximate surface area is 78.9 Å². The summed E-state index contributed by atoms with van der Waals surface area (Å²) in [4.78, 5) is 10.3. The molecule has 0 unspecified atom stereocenters. The number of carbonyl (C=O) groups excluding carboxylic acids is 1. The van der Waals surface area contributed by atoms with Crippen LogP contribution in [0.15, 0.2) is 12.1 Å². The summed E-state index contributed by atoms with van der Waals surface area (Å²) in [5.74, 6) is -0.741. The van der Waals surface area contributed by atoms with Crippen molar-refractivity contribution in [3.05, 3.63) is 28.5 Å². The molecule has 0 amide bonds. The van der Waals surface area contributed by atoms with Gasteiger partial charge in [-0.25, -0.2) is 4.39 Å². The van der Waals surface area contributed by atoms with Crippen LogP contribution >= 0.6 is 11.6 Å². The number of carbonyl (C=O) groups is 1. The Hall–Kier alpha value is -0.905. The van der Waals surface area contributed by atoms with Crippen LogP contribution in [-0.2, 0) is 0 Å². The molecule has 3 nitrogen and oxygen atoms in total. The van der Waals surface area contributed by atoms with E-state index in [0.29, 0.717) is 6.29 Å². The lowest BCUT2D eigenvalue weighted by molar-refractivity contribution is 0.112. The van der Waals surface area contributed by atoms with Crippen LogP contribution in [0, 0.1) is 5.82 Å². The van der Waals surface area contributed by atoms with Crippen LogP contribution in [0.5, 0.6) is 0 Å². The largest absolute Gasteiger partial charge is 0.490 e. The van der Waals surface area contributed by atoms with Crippen molar-refractivity contribution < 1.29 is 19.2 Å². The zero-order valence-electron chi connectivity index (χ0n) is 6.37. The summed E-state index contributed by atoms with van der Waals surface area (Å²) in [5.41, 5.74) is -0.325. The molecule has 0 heterocycles. The van der Waals surface area contributed by atoms with E-state index in [1.54, 1.807) is 0 Å². The van der Waals surface area contributed by atoms with Crippen molar-refractivity contribution in [1.29, 1.82) is 0 Å². The normalized spacial score (nSPS) is 9.85. The van der Waals surface area contributed by atoms with Gasteiger partial charge in [0.15, 0.2) is 6.29 Å². The summed E-state index contributed by atoms with van der Waals surface area (Å²) >= 11 is 5.56. The van der Waals surface area contributed by atoms with Crippen LogP contribution < -0.4 is 5.46 Å². The third-order valence-corrected chi connectivity index (χ3v) is 1.94. The van der Waals surface area contributed by atoms with E-state index in [0.717, 1.165) is 12.1 Å². The van der Waals surface area contributed by atoms with Crippen molar-refractivity contribution in [1.82, 2.24) is 0 Å². The second kappa shape index (κ2) is 3.87. The predicted molar refractivity (Wildman–Crippen MR) is 46.6 cm³/mol. The van der Waals surface area contributed by atoms with Gasteiger partial charge in [-0.2, -0.15) is 0 Å². The molecule has 1 aromatic rings. The Morgan fingerprint density at radius 1 is 1.46 bits per heavy atom. The highest BCUT2D eigenvalue weighted by atomic mass is 35.5. The van der Waals surface area contributed by atoms with E-state index in [1.165, 1.54) is 0 Å². The number of hydrogen-bond donors (Lipinski definition) is 2. The zero-order valence-corrected chi connectivity index (χ0v) is 7.12. The Kier molecular flexibility index (Phi) is 3.03. The molecule has 0 aliphatic heterocycles. The molecule has 0 spiro atoms. The molecule has 6 heteroatoms. The van der Waals surface area contributed by atoms with Gasteiger partial charge in [0.1, 0.15) is 5.82 Å². The van der Waals surface area contributed by atoms with Crippen LogP contribution in [-0.4, -0.2) is 23.5 Å². The Bertz CT molecular complexity index is 343. The Morgan fingerprint density at radius 2 is 2.08 bits per heavy atom. The van der Waals surface area contributed by atoms with E-state index in [9.17, 15) is 9.18 Å². The van der Waals surface area contributed by atoms with Crippen molar-refractivity contribution >= 4 is 30.5 Å². The molecule has 0 atom stereocenters. The quantitative estimate of drug-likeness (QED) is 0.523. The second-order valence-electron chi connectivity index (χ2n) is 2.39. The van der Waals surface area contributed by atoms with E-state index in [-0.39, 0.29) is 16.0 Å². The second-order valence-corrected chi connectivity index (χ2v) is 2.77. The van der Waals surface area contributed by atoms with Crippen molar-refractivity contribution in [3.63, 3.8) is 0 Å². The summed E-state index contributed by atoms with van der Waals surface area (Å²) in [6.45, 7) is 0. The molecule has 0 aromatic heterocycles. The fourth-order valence-electron chi connectivity index (χ4n) is 0.906. The van der Waals surface area contributed by atoms with Crippen LogP contribution in [0.4, 0.5) is 4.39 Å². The average Bonchev–Trinajstić information content (AvgIpc) is 2.08. The van der Waals surface area contributed by atoms with Gasteiger partial charge in [0.25, 0.3) is 0 Å². The lowest BCUT2D eigenvalue weighted by Crippen LogP contribution is -2.31. The first-order chi connectivity index (χ1) is 6.06. The van der Waals surface area contributed by atoms with E-state index in [4.69, 9.17) is 21.6 Å².